The van der Waals surface area contributed by atoms with E-state index < -0.39 is 33.6 Å². The molecule has 10 aromatic rings. The van der Waals surface area contributed by atoms with E-state index in [1.165, 1.54) is 29.5 Å². The van der Waals surface area contributed by atoms with Gasteiger partial charge in [-0.05, 0) is 75.5 Å². The first kappa shape index (κ1) is 36.2. The smallest absolute Gasteiger partial charge is 0.501 e. The van der Waals surface area contributed by atoms with Crippen LogP contribution in [0.2, 0.25) is 19.6 Å². The van der Waals surface area contributed by atoms with Gasteiger partial charge in [-0.2, -0.15) is 48.5 Å². The van der Waals surface area contributed by atoms with Crippen molar-refractivity contribution < 1.29 is 35.5 Å². The molecular formula is C60H55IrN2OSi. The molecule has 0 radical (unpaired) electrons. The second-order valence-corrected chi connectivity index (χ2v) is 22.8. The van der Waals surface area contributed by atoms with Crippen molar-refractivity contribution in [2.45, 2.75) is 72.8 Å². The minimum atomic E-state index is -2.15. The van der Waals surface area contributed by atoms with Crippen LogP contribution in [0.25, 0.3) is 83.4 Å². The summed E-state index contributed by atoms with van der Waals surface area (Å²) in [5, 5.41) is 3.46. The van der Waals surface area contributed by atoms with Crippen LogP contribution in [0.4, 0.5) is 0 Å². The van der Waals surface area contributed by atoms with Crippen molar-refractivity contribution in [3.63, 3.8) is 0 Å². The summed E-state index contributed by atoms with van der Waals surface area (Å²) < 4.78 is 71.6. The molecular weight excluding hydrogens is 985 g/mol. The topological polar surface area (TPSA) is 31.0 Å². The Morgan fingerprint density at radius 2 is 1.22 bits per heavy atom. The Bertz CT molecular complexity index is 3490. The van der Waals surface area contributed by atoms with Crippen LogP contribution >= 0.6 is 0 Å². The van der Waals surface area contributed by atoms with Crippen LogP contribution in [0, 0.1) is 31.9 Å². The van der Waals surface area contributed by atoms with Crippen molar-refractivity contribution >= 4 is 46.2 Å². The van der Waals surface area contributed by atoms with Gasteiger partial charge in [0.25, 0.3) is 0 Å². The third kappa shape index (κ3) is 9.24. The van der Waals surface area contributed by atoms with Crippen molar-refractivity contribution in [2.24, 2.45) is 0 Å². The normalized spacial score (nSPS) is 14.1. The van der Waals surface area contributed by atoms with Gasteiger partial charge in [0.15, 0.2) is 0 Å². The molecule has 0 saturated carbocycles. The molecule has 5 heteroatoms. The molecule has 2 aromatic heterocycles. The summed E-state index contributed by atoms with van der Waals surface area (Å²) in [5.74, 6) is -1.33. The summed E-state index contributed by atoms with van der Waals surface area (Å²) in [6.07, 6.45) is 0. The molecule has 0 aliphatic rings. The van der Waals surface area contributed by atoms with Gasteiger partial charge in [0.1, 0.15) is 5.58 Å². The van der Waals surface area contributed by atoms with Gasteiger partial charge in [-0.15, -0.1) is 29.3 Å². The Morgan fingerprint density at radius 1 is 0.615 bits per heavy atom. The van der Waals surface area contributed by atoms with Gasteiger partial charge in [-0.1, -0.05) is 156 Å². The van der Waals surface area contributed by atoms with E-state index in [4.69, 9.17) is 17.6 Å². The monoisotopic (exact) mass is 1050 g/mol. The van der Waals surface area contributed by atoms with Crippen molar-refractivity contribution in [1.82, 2.24) is 9.55 Å². The number of aryl methyl sites for hydroxylation is 2. The summed E-state index contributed by atoms with van der Waals surface area (Å²) >= 11 is 0. The fourth-order valence-corrected chi connectivity index (χ4v) is 9.46. The van der Waals surface area contributed by atoms with Crippen LogP contribution in [0.15, 0.2) is 162 Å². The molecule has 0 unspecified atom stereocenters. The van der Waals surface area contributed by atoms with Crippen LogP contribution in [0.5, 0.6) is 0 Å². The van der Waals surface area contributed by atoms with Gasteiger partial charge in [0.2, 0.25) is 0 Å². The number of imidazole rings is 1. The molecule has 0 aliphatic heterocycles. The van der Waals surface area contributed by atoms with Crippen molar-refractivity contribution in [3.05, 3.63) is 198 Å². The maximum atomic E-state index is 9.48. The second kappa shape index (κ2) is 18.8. The van der Waals surface area contributed by atoms with Gasteiger partial charge in [0, 0.05) is 22.0 Å². The van der Waals surface area contributed by atoms with Gasteiger partial charge in [-0.25, -0.2) is 11.1 Å². The summed E-state index contributed by atoms with van der Waals surface area (Å²) in [6, 6.07) is 60.5. The second-order valence-electron chi connectivity index (χ2n) is 17.8. The molecule has 0 atom stereocenters. The number of nitrogens with zero attached hydrogens (tertiary/aromatic N) is 2. The van der Waals surface area contributed by atoms with Gasteiger partial charge < -0.3 is 8.98 Å². The molecule has 0 bridgehead atoms. The van der Waals surface area contributed by atoms with E-state index in [0.717, 1.165) is 72.0 Å². The number of para-hydroxylation sites is 2. The fourth-order valence-electron chi connectivity index (χ4n) is 8.29. The number of fused-ring (bicyclic) bond motifs is 4. The predicted molar refractivity (Wildman–Crippen MR) is 274 cm³/mol. The molecule has 0 amide bonds. The Hall–Kier alpha value is -6.10. The van der Waals surface area contributed by atoms with Crippen LogP contribution in [0.3, 0.4) is 0 Å². The molecule has 0 spiro atoms. The molecule has 0 aliphatic carbocycles. The summed E-state index contributed by atoms with van der Waals surface area (Å²) in [7, 11) is -1.40. The van der Waals surface area contributed by atoms with E-state index in [-0.39, 0.29) is 31.2 Å². The standard InChI is InChI=1S/C46H43N2OSi.C14H12.Ir/c1-29(2)39-26-34(31-14-9-8-10-15-31)27-40(30(3)4)44(39)48-42-19-12-11-18-41(42)47-46(48)38-17-13-16-37-36-25-22-33(28-43(36)49-45(37)38)32-20-23-35(24-21-32)50(5,6)7;1-11-3-7-13(8-4-11)14-9-5-12(2)6-10-14;/h8-16,18-30H,1-7H3;3-7,9H,1-2H3;/q-1;-2;+3/i29D,30D;1D3,2D3;. The fraction of sp³-hybridized carbons (Fsp3) is 0.183. The first-order valence-corrected chi connectivity index (χ1v) is 25.1. The summed E-state index contributed by atoms with van der Waals surface area (Å²) in [4.78, 5) is 5.25. The minimum absolute atomic E-state index is 0. The molecule has 324 valence electrons. The maximum Gasteiger partial charge on any atom is 3.00 e. The molecule has 3 nitrogen and oxygen atoms in total. The number of furan rings is 1. The first-order chi connectivity index (χ1) is 33.9. The zero-order valence-electron chi connectivity index (χ0n) is 45.6. The molecule has 0 fully saturated rings. The molecule has 8 aromatic carbocycles. The number of aromatic nitrogens is 2. The quantitative estimate of drug-likeness (QED) is 0.112. The Labute approximate surface area is 410 Å². The van der Waals surface area contributed by atoms with E-state index in [1.807, 2.05) is 70.2 Å². The Kier molecular flexibility index (Phi) is 10.4. The van der Waals surface area contributed by atoms with Gasteiger partial charge >= 0.3 is 20.1 Å². The van der Waals surface area contributed by atoms with E-state index in [9.17, 15) is 2.74 Å². The van der Waals surface area contributed by atoms with Crippen LogP contribution in [-0.2, 0) is 20.1 Å². The van der Waals surface area contributed by atoms with E-state index in [1.54, 1.807) is 12.1 Å². The minimum Gasteiger partial charge on any atom is -0.501 e. The third-order valence-electron chi connectivity index (χ3n) is 11.7. The first-order valence-electron chi connectivity index (χ1n) is 25.6. The molecule has 2 heterocycles. The Balaban J connectivity index is 0.000000285. The number of hydrogen-bond donors (Lipinski definition) is 0. The zero-order valence-corrected chi connectivity index (χ0v) is 41.0. The molecule has 65 heavy (non-hydrogen) atoms. The van der Waals surface area contributed by atoms with Crippen LogP contribution in [0.1, 0.15) is 72.7 Å². The predicted octanol–water partition coefficient (Wildman–Crippen LogP) is 16.1. The van der Waals surface area contributed by atoms with E-state index in [2.05, 4.69) is 121 Å². The SMILES string of the molecule is [2H]C(C)(C)c1cc(-c2ccccc2)cc(C([2H])(C)C)c1-n1c(-c2[c-]ccc3c2oc2cc(-c4ccc([Si](C)(C)C)cc4)ccc23)nc2ccccc21.[2H]C([2H])([2H])c1c[c-]c(-c2[c-]cc(C([2H])([2H])[2H])cc2)cc1.[Ir+3]. The van der Waals surface area contributed by atoms with Crippen LogP contribution < -0.4 is 5.19 Å². The zero-order chi connectivity index (χ0) is 51.5. The summed E-state index contributed by atoms with van der Waals surface area (Å²) in [6.45, 7) is 10.5. The molecule has 0 N–H and O–H groups in total. The van der Waals surface area contributed by atoms with E-state index >= 15 is 0 Å². The average Bonchev–Trinajstić information content (AvgIpc) is 3.91. The number of benzene rings is 8. The van der Waals surface area contributed by atoms with Crippen molar-refractivity contribution in [3.8, 4) is 50.5 Å². The maximum absolute atomic E-state index is 9.48. The van der Waals surface area contributed by atoms with Crippen LogP contribution in [-0.4, -0.2) is 17.6 Å². The number of hydrogen-bond acceptors (Lipinski definition) is 2. The molecule has 0 saturated heterocycles. The van der Waals surface area contributed by atoms with Crippen molar-refractivity contribution in [1.29, 1.82) is 0 Å². The van der Waals surface area contributed by atoms with E-state index in [0.29, 0.717) is 22.5 Å². The van der Waals surface area contributed by atoms with Crippen molar-refractivity contribution in [2.75, 3.05) is 0 Å². The van der Waals surface area contributed by atoms with Gasteiger partial charge in [0.05, 0.1) is 30.5 Å². The Morgan fingerprint density at radius 3 is 1.80 bits per heavy atom. The molecule has 10 rings (SSSR count). The number of rotatable bonds is 8. The largest absolute Gasteiger partial charge is 3.00 e. The van der Waals surface area contributed by atoms with Gasteiger partial charge in [-0.3, -0.25) is 4.98 Å². The summed E-state index contributed by atoms with van der Waals surface area (Å²) in [5.41, 5.74) is 12.5. The average molecular weight is 1050 g/mol. The third-order valence-corrected chi connectivity index (χ3v) is 13.8.